The van der Waals surface area contributed by atoms with Gasteiger partial charge in [0, 0.05) is 29.5 Å². The molecule has 19 heavy (non-hydrogen) atoms. The predicted molar refractivity (Wildman–Crippen MR) is 72.0 cm³/mol. The summed E-state index contributed by atoms with van der Waals surface area (Å²) in [7, 11) is 0. The number of rotatable bonds is 3. The first-order chi connectivity index (χ1) is 9.38. The van der Waals surface area contributed by atoms with Crippen LogP contribution in [-0.4, -0.2) is 15.1 Å². The van der Waals surface area contributed by atoms with Gasteiger partial charge >= 0.3 is 0 Å². The largest absolute Gasteiger partial charge is 0.455 e. The second-order valence-corrected chi connectivity index (χ2v) is 4.07. The van der Waals surface area contributed by atoms with E-state index in [1.165, 1.54) is 0 Å². The number of aliphatic hydroxyl groups is 1. The molecule has 0 aliphatic rings. The van der Waals surface area contributed by atoms with Crippen molar-refractivity contribution in [3.05, 3.63) is 60.6 Å². The number of para-hydroxylation sites is 1. The molecule has 0 radical (unpaired) electrons. The third-order valence-corrected chi connectivity index (χ3v) is 2.84. The van der Waals surface area contributed by atoms with Gasteiger partial charge in [0.05, 0.1) is 6.61 Å². The van der Waals surface area contributed by atoms with Crippen molar-refractivity contribution in [1.82, 2.24) is 9.97 Å². The first kappa shape index (κ1) is 11.6. The molecule has 0 spiro atoms. The van der Waals surface area contributed by atoms with Crippen molar-refractivity contribution in [2.45, 2.75) is 6.61 Å². The topological polar surface area (TPSA) is 55.2 Å². The van der Waals surface area contributed by atoms with E-state index in [1.54, 1.807) is 24.7 Å². The number of aliphatic hydroxyl groups excluding tert-OH is 1. The molecule has 0 fully saturated rings. The molecule has 0 saturated heterocycles. The first-order valence-corrected chi connectivity index (χ1v) is 5.94. The lowest BCUT2D eigenvalue weighted by molar-refractivity contribution is 0.276. The van der Waals surface area contributed by atoms with Crippen molar-refractivity contribution in [2.75, 3.05) is 0 Å². The van der Waals surface area contributed by atoms with Crippen LogP contribution < -0.4 is 4.74 Å². The zero-order chi connectivity index (χ0) is 13.1. The van der Waals surface area contributed by atoms with E-state index in [1.807, 2.05) is 30.3 Å². The summed E-state index contributed by atoms with van der Waals surface area (Å²) in [5.41, 5.74) is 1.45. The predicted octanol–water partition coefficient (Wildman–Crippen LogP) is 2.91. The molecular formula is C15H12N2O2. The molecule has 0 bridgehead atoms. The molecule has 3 rings (SSSR count). The van der Waals surface area contributed by atoms with Crippen molar-refractivity contribution in [3.8, 4) is 11.5 Å². The molecule has 1 aromatic carbocycles. The second kappa shape index (κ2) is 5.04. The van der Waals surface area contributed by atoms with Gasteiger partial charge in [-0.15, -0.1) is 0 Å². The fraction of sp³-hybridized carbons (Fsp3) is 0.0667. The van der Waals surface area contributed by atoms with E-state index >= 15 is 0 Å². The normalized spacial score (nSPS) is 10.6. The molecule has 3 aromatic rings. The van der Waals surface area contributed by atoms with E-state index < -0.39 is 0 Å². The maximum absolute atomic E-state index is 9.27. The van der Waals surface area contributed by atoms with Crippen LogP contribution in [0.4, 0.5) is 0 Å². The Morgan fingerprint density at radius 3 is 2.79 bits per heavy atom. The minimum atomic E-state index is -0.110. The van der Waals surface area contributed by atoms with Crippen LogP contribution in [0.25, 0.3) is 10.9 Å². The van der Waals surface area contributed by atoms with Crippen LogP contribution in [0.2, 0.25) is 0 Å². The summed E-state index contributed by atoms with van der Waals surface area (Å²) in [5.74, 6) is 1.26. The molecule has 4 heteroatoms. The number of hydrogen-bond acceptors (Lipinski definition) is 4. The van der Waals surface area contributed by atoms with Gasteiger partial charge in [-0.3, -0.25) is 9.97 Å². The molecule has 4 nitrogen and oxygen atoms in total. The molecular weight excluding hydrogens is 240 g/mol. The number of hydrogen-bond donors (Lipinski definition) is 1. The molecule has 94 valence electrons. The van der Waals surface area contributed by atoms with Crippen molar-refractivity contribution >= 4 is 10.9 Å². The van der Waals surface area contributed by atoms with Gasteiger partial charge in [-0.05, 0) is 18.2 Å². The molecule has 2 aromatic heterocycles. The standard InChI is InChI=1S/C15H12N2O2/c18-10-12-9-16-8-6-13(12)19-14-5-1-3-11-4-2-7-17-15(11)14/h1-9,18H,10H2. The fourth-order valence-corrected chi connectivity index (χ4v) is 1.91. The Balaban J connectivity index is 2.06. The third kappa shape index (κ3) is 2.26. The number of aromatic nitrogens is 2. The zero-order valence-electron chi connectivity index (χ0n) is 10.2. The van der Waals surface area contributed by atoms with E-state index in [2.05, 4.69) is 9.97 Å². The summed E-state index contributed by atoms with van der Waals surface area (Å²) >= 11 is 0. The lowest BCUT2D eigenvalue weighted by Crippen LogP contribution is -1.93. The van der Waals surface area contributed by atoms with Gasteiger partial charge in [0.2, 0.25) is 0 Å². The minimum absolute atomic E-state index is 0.110. The number of fused-ring (bicyclic) bond motifs is 1. The smallest absolute Gasteiger partial charge is 0.153 e. The molecule has 0 unspecified atom stereocenters. The molecule has 0 aliphatic carbocycles. The Bertz CT molecular complexity index is 708. The van der Waals surface area contributed by atoms with Gasteiger partial charge < -0.3 is 9.84 Å². The lowest BCUT2D eigenvalue weighted by Gasteiger charge is -2.10. The van der Waals surface area contributed by atoms with Gasteiger partial charge in [0.15, 0.2) is 5.75 Å². The number of nitrogens with zero attached hydrogens (tertiary/aromatic N) is 2. The Morgan fingerprint density at radius 2 is 1.89 bits per heavy atom. The Labute approximate surface area is 110 Å². The fourth-order valence-electron chi connectivity index (χ4n) is 1.91. The molecule has 0 amide bonds. The lowest BCUT2D eigenvalue weighted by atomic mass is 10.2. The van der Waals surface area contributed by atoms with Gasteiger partial charge in [-0.1, -0.05) is 18.2 Å². The highest BCUT2D eigenvalue weighted by molar-refractivity contribution is 5.84. The summed E-state index contributed by atoms with van der Waals surface area (Å²) in [5, 5.41) is 10.3. The van der Waals surface area contributed by atoms with E-state index in [-0.39, 0.29) is 6.61 Å². The van der Waals surface area contributed by atoms with Crippen LogP contribution in [0.15, 0.2) is 55.0 Å². The average Bonchev–Trinajstić information content (AvgIpc) is 2.48. The maximum Gasteiger partial charge on any atom is 0.153 e. The van der Waals surface area contributed by atoms with Crippen molar-refractivity contribution in [2.24, 2.45) is 0 Å². The highest BCUT2D eigenvalue weighted by atomic mass is 16.5. The van der Waals surface area contributed by atoms with Gasteiger partial charge in [-0.2, -0.15) is 0 Å². The summed E-state index contributed by atoms with van der Waals surface area (Å²) in [4.78, 5) is 8.29. The Hall–Kier alpha value is -2.46. The second-order valence-electron chi connectivity index (χ2n) is 4.07. The average molecular weight is 252 g/mol. The molecule has 0 atom stereocenters. The Morgan fingerprint density at radius 1 is 1.00 bits per heavy atom. The van der Waals surface area contributed by atoms with Gasteiger partial charge in [0.1, 0.15) is 11.3 Å². The first-order valence-electron chi connectivity index (χ1n) is 5.94. The zero-order valence-corrected chi connectivity index (χ0v) is 10.2. The molecule has 2 heterocycles. The van der Waals surface area contributed by atoms with E-state index in [0.717, 1.165) is 10.9 Å². The van der Waals surface area contributed by atoms with Crippen LogP contribution in [0.5, 0.6) is 11.5 Å². The monoisotopic (exact) mass is 252 g/mol. The highest BCUT2D eigenvalue weighted by Crippen LogP contribution is 2.29. The van der Waals surface area contributed by atoms with Crippen molar-refractivity contribution in [1.29, 1.82) is 0 Å². The molecule has 0 saturated carbocycles. The molecule has 0 aliphatic heterocycles. The van der Waals surface area contributed by atoms with Crippen LogP contribution in [0.1, 0.15) is 5.56 Å². The van der Waals surface area contributed by atoms with Crippen LogP contribution in [-0.2, 0) is 6.61 Å². The summed E-state index contributed by atoms with van der Waals surface area (Å²) < 4.78 is 5.85. The molecule has 1 N–H and O–H groups in total. The van der Waals surface area contributed by atoms with E-state index in [9.17, 15) is 5.11 Å². The summed E-state index contributed by atoms with van der Waals surface area (Å²) in [6.45, 7) is -0.110. The Kier molecular flexibility index (Phi) is 3.08. The summed E-state index contributed by atoms with van der Waals surface area (Å²) in [6.07, 6.45) is 4.95. The minimum Gasteiger partial charge on any atom is -0.455 e. The van der Waals surface area contributed by atoms with E-state index in [0.29, 0.717) is 17.1 Å². The van der Waals surface area contributed by atoms with Crippen LogP contribution >= 0.6 is 0 Å². The SMILES string of the molecule is OCc1cnccc1Oc1cccc2cccnc12. The van der Waals surface area contributed by atoms with Gasteiger partial charge in [0.25, 0.3) is 0 Å². The van der Waals surface area contributed by atoms with Gasteiger partial charge in [-0.25, -0.2) is 0 Å². The highest BCUT2D eigenvalue weighted by Gasteiger charge is 2.07. The third-order valence-electron chi connectivity index (χ3n) is 2.84. The van der Waals surface area contributed by atoms with Crippen LogP contribution in [0.3, 0.4) is 0 Å². The van der Waals surface area contributed by atoms with Crippen molar-refractivity contribution in [3.63, 3.8) is 0 Å². The summed E-state index contributed by atoms with van der Waals surface area (Å²) in [6, 6.07) is 11.4. The van der Waals surface area contributed by atoms with E-state index in [4.69, 9.17) is 4.74 Å². The van der Waals surface area contributed by atoms with Crippen molar-refractivity contribution < 1.29 is 9.84 Å². The quantitative estimate of drug-likeness (QED) is 0.778. The number of pyridine rings is 2. The number of ether oxygens (including phenoxy) is 1. The van der Waals surface area contributed by atoms with Crippen LogP contribution in [0, 0.1) is 0 Å². The maximum atomic E-state index is 9.27. The number of benzene rings is 1.